The third-order valence-corrected chi connectivity index (χ3v) is 5.19. The minimum atomic E-state index is -0.606. The number of cyclic esters (lactones) is 1. The van der Waals surface area contributed by atoms with Gasteiger partial charge < -0.3 is 14.4 Å². The number of hydrogen-bond acceptors (Lipinski definition) is 5. The lowest BCUT2D eigenvalue weighted by molar-refractivity contribution is -0.134. The normalized spacial score (nSPS) is 23.7. The molecule has 0 saturated carbocycles. The van der Waals surface area contributed by atoms with Crippen LogP contribution in [0.3, 0.4) is 0 Å². The monoisotopic (exact) mass is 360 g/mol. The summed E-state index contributed by atoms with van der Waals surface area (Å²) >= 11 is 0. The van der Waals surface area contributed by atoms with Crippen molar-refractivity contribution in [3.05, 3.63) is 35.9 Å². The van der Waals surface area contributed by atoms with Gasteiger partial charge in [-0.25, -0.2) is 14.5 Å². The van der Waals surface area contributed by atoms with Gasteiger partial charge in [-0.15, -0.1) is 0 Å². The largest absolute Gasteiger partial charge is 0.453 e. The van der Waals surface area contributed by atoms with Gasteiger partial charge in [-0.1, -0.05) is 37.3 Å². The highest BCUT2D eigenvalue weighted by molar-refractivity contribution is 5.95. The summed E-state index contributed by atoms with van der Waals surface area (Å²) in [6, 6.07) is 9.11. The first-order valence-electron chi connectivity index (χ1n) is 8.91. The van der Waals surface area contributed by atoms with E-state index in [9.17, 15) is 14.4 Å². The Balaban J connectivity index is 1.73. The van der Waals surface area contributed by atoms with Crippen molar-refractivity contribution in [3.8, 4) is 0 Å². The minimum Gasteiger partial charge on any atom is -0.453 e. The average Bonchev–Trinajstić information content (AvgIpc) is 3.28. The van der Waals surface area contributed by atoms with Gasteiger partial charge >= 0.3 is 12.2 Å². The molecule has 0 bridgehead atoms. The molecule has 0 radical (unpaired) electrons. The van der Waals surface area contributed by atoms with E-state index in [0.29, 0.717) is 19.4 Å². The van der Waals surface area contributed by atoms with E-state index >= 15 is 0 Å². The van der Waals surface area contributed by atoms with Crippen LogP contribution >= 0.6 is 0 Å². The SMILES string of the molecule is COC(=O)N1CCC[C@@H]1[C@H](C)C(=O)N1C(=O)OC[C@H]1Cc1ccccc1. The van der Waals surface area contributed by atoms with Gasteiger partial charge in [0.1, 0.15) is 6.61 Å². The van der Waals surface area contributed by atoms with E-state index in [1.807, 2.05) is 30.3 Å². The molecular formula is C19H24N2O5. The Hall–Kier alpha value is -2.57. The van der Waals surface area contributed by atoms with Gasteiger partial charge in [0.05, 0.1) is 19.1 Å². The number of methoxy groups -OCH3 is 1. The molecule has 7 heteroatoms. The molecule has 1 aromatic rings. The van der Waals surface area contributed by atoms with E-state index < -0.39 is 18.1 Å². The van der Waals surface area contributed by atoms with E-state index in [1.165, 1.54) is 12.0 Å². The zero-order chi connectivity index (χ0) is 18.7. The molecule has 2 aliphatic heterocycles. The van der Waals surface area contributed by atoms with Crippen LogP contribution in [0.5, 0.6) is 0 Å². The minimum absolute atomic E-state index is 0.192. The van der Waals surface area contributed by atoms with Crippen molar-refractivity contribution in [2.45, 2.75) is 38.3 Å². The first-order valence-corrected chi connectivity index (χ1v) is 8.91. The predicted molar refractivity (Wildman–Crippen MR) is 93.4 cm³/mol. The van der Waals surface area contributed by atoms with Gasteiger partial charge in [0.25, 0.3) is 0 Å². The molecule has 2 fully saturated rings. The summed E-state index contributed by atoms with van der Waals surface area (Å²) in [4.78, 5) is 40.0. The van der Waals surface area contributed by atoms with Crippen LogP contribution in [0.15, 0.2) is 30.3 Å². The summed E-state index contributed by atoms with van der Waals surface area (Å²) in [7, 11) is 1.33. The number of ether oxygens (including phenoxy) is 2. The topological polar surface area (TPSA) is 76.2 Å². The summed E-state index contributed by atoms with van der Waals surface area (Å²) in [6.07, 6.45) is 1.04. The summed E-state index contributed by atoms with van der Waals surface area (Å²) in [5.74, 6) is -0.797. The fourth-order valence-corrected chi connectivity index (χ4v) is 3.81. The summed E-state index contributed by atoms with van der Waals surface area (Å²) < 4.78 is 9.95. The van der Waals surface area contributed by atoms with Crippen molar-refractivity contribution in [2.24, 2.45) is 5.92 Å². The van der Waals surface area contributed by atoms with Gasteiger partial charge in [-0.3, -0.25) is 4.79 Å². The molecule has 0 N–H and O–H groups in total. The number of benzene rings is 1. The third-order valence-electron chi connectivity index (χ3n) is 5.19. The van der Waals surface area contributed by atoms with Gasteiger partial charge in [-0.05, 0) is 24.8 Å². The van der Waals surface area contributed by atoms with Gasteiger partial charge in [0.2, 0.25) is 5.91 Å². The standard InChI is InChI=1S/C19H24N2O5/c1-13(16-9-6-10-20(16)18(23)25-2)17(22)21-15(12-26-19(21)24)11-14-7-4-3-5-8-14/h3-5,7-8,13,15-16H,6,9-12H2,1-2H3/t13-,15+,16+/m0/s1. The lowest BCUT2D eigenvalue weighted by atomic mass is 9.96. The molecule has 2 aliphatic rings. The highest BCUT2D eigenvalue weighted by Crippen LogP contribution is 2.28. The Labute approximate surface area is 152 Å². The summed E-state index contributed by atoms with van der Waals surface area (Å²) in [5.41, 5.74) is 1.04. The number of carbonyl (C=O) groups excluding carboxylic acids is 3. The summed E-state index contributed by atoms with van der Waals surface area (Å²) in [5, 5.41) is 0. The lowest BCUT2D eigenvalue weighted by Crippen LogP contribution is -2.49. The van der Waals surface area contributed by atoms with Crippen molar-refractivity contribution in [1.82, 2.24) is 9.80 Å². The van der Waals surface area contributed by atoms with Crippen LogP contribution in [0.2, 0.25) is 0 Å². The number of hydrogen-bond donors (Lipinski definition) is 0. The van der Waals surface area contributed by atoms with Crippen molar-refractivity contribution >= 4 is 18.1 Å². The number of imide groups is 1. The fraction of sp³-hybridized carbons (Fsp3) is 0.526. The van der Waals surface area contributed by atoms with Gasteiger partial charge in [0.15, 0.2) is 0 Å². The van der Waals surface area contributed by atoms with Crippen LogP contribution in [0.1, 0.15) is 25.3 Å². The van der Waals surface area contributed by atoms with Gasteiger partial charge in [-0.2, -0.15) is 0 Å². The zero-order valence-corrected chi connectivity index (χ0v) is 15.1. The van der Waals surface area contributed by atoms with Crippen molar-refractivity contribution in [3.63, 3.8) is 0 Å². The van der Waals surface area contributed by atoms with Crippen LogP contribution in [0, 0.1) is 5.92 Å². The molecule has 3 atom stereocenters. The fourth-order valence-electron chi connectivity index (χ4n) is 3.81. The highest BCUT2D eigenvalue weighted by atomic mass is 16.6. The van der Waals surface area contributed by atoms with E-state index in [-0.39, 0.29) is 24.6 Å². The van der Waals surface area contributed by atoms with Crippen molar-refractivity contribution in [1.29, 1.82) is 0 Å². The molecule has 0 spiro atoms. The van der Waals surface area contributed by atoms with E-state index in [4.69, 9.17) is 9.47 Å². The molecule has 1 aromatic carbocycles. The molecule has 0 unspecified atom stereocenters. The maximum Gasteiger partial charge on any atom is 0.416 e. The Kier molecular flexibility index (Phi) is 5.44. The molecule has 0 aliphatic carbocycles. The molecule has 140 valence electrons. The van der Waals surface area contributed by atoms with Crippen molar-refractivity contribution in [2.75, 3.05) is 20.3 Å². The number of likely N-dealkylation sites (tertiary alicyclic amines) is 1. The maximum atomic E-state index is 13.0. The number of carbonyl (C=O) groups is 3. The van der Waals surface area contributed by atoms with Crippen LogP contribution in [0.4, 0.5) is 9.59 Å². The number of amides is 3. The molecule has 0 aromatic heterocycles. The molecule has 7 nitrogen and oxygen atoms in total. The molecule has 3 amide bonds. The van der Waals surface area contributed by atoms with Gasteiger partial charge in [0, 0.05) is 12.6 Å². The Morgan fingerprint density at radius 2 is 2.04 bits per heavy atom. The second-order valence-electron chi connectivity index (χ2n) is 6.79. The lowest BCUT2D eigenvalue weighted by Gasteiger charge is -2.30. The Morgan fingerprint density at radius 3 is 2.73 bits per heavy atom. The first-order chi connectivity index (χ1) is 12.5. The van der Waals surface area contributed by atoms with Crippen LogP contribution in [-0.4, -0.2) is 60.2 Å². The highest BCUT2D eigenvalue weighted by Gasteiger charge is 2.44. The van der Waals surface area contributed by atoms with Crippen molar-refractivity contribution < 1.29 is 23.9 Å². The quantitative estimate of drug-likeness (QED) is 0.824. The first kappa shape index (κ1) is 18.2. The van der Waals surface area contributed by atoms with E-state index in [2.05, 4.69) is 0 Å². The van der Waals surface area contributed by atoms with Crippen LogP contribution < -0.4 is 0 Å². The molecule has 2 saturated heterocycles. The zero-order valence-electron chi connectivity index (χ0n) is 15.1. The second-order valence-corrected chi connectivity index (χ2v) is 6.79. The predicted octanol–water partition coefficient (Wildman–Crippen LogP) is 2.44. The number of rotatable bonds is 4. The van der Waals surface area contributed by atoms with Crippen LogP contribution in [0.25, 0.3) is 0 Å². The average molecular weight is 360 g/mol. The molecule has 2 heterocycles. The van der Waals surface area contributed by atoms with E-state index in [1.54, 1.807) is 11.8 Å². The second kappa shape index (κ2) is 7.76. The molecule has 3 rings (SSSR count). The summed E-state index contributed by atoms with van der Waals surface area (Å²) in [6.45, 7) is 2.52. The van der Waals surface area contributed by atoms with Crippen LogP contribution in [-0.2, 0) is 20.7 Å². The smallest absolute Gasteiger partial charge is 0.416 e. The van der Waals surface area contributed by atoms with E-state index in [0.717, 1.165) is 12.0 Å². The molecule has 26 heavy (non-hydrogen) atoms. The Morgan fingerprint density at radius 1 is 1.31 bits per heavy atom. The third kappa shape index (κ3) is 3.52. The maximum absolute atomic E-state index is 13.0. The number of nitrogens with zero attached hydrogens (tertiary/aromatic N) is 2. The molecular weight excluding hydrogens is 336 g/mol. The Bertz CT molecular complexity index is 678.